The van der Waals surface area contributed by atoms with E-state index in [0.29, 0.717) is 16.9 Å². The van der Waals surface area contributed by atoms with Crippen LogP contribution in [-0.4, -0.2) is 32.8 Å². The number of nitrogens with two attached hydrogens (primary N) is 1. The summed E-state index contributed by atoms with van der Waals surface area (Å²) in [5.74, 6) is 0.624. The number of para-hydroxylation sites is 1. The summed E-state index contributed by atoms with van der Waals surface area (Å²) in [6.45, 7) is -0.256. The molecular weight excluding hydrogens is 292 g/mol. The summed E-state index contributed by atoms with van der Waals surface area (Å²) in [6.07, 6.45) is -0.879. The number of nitrogens with one attached hydrogen (secondary N) is 1. The van der Waals surface area contributed by atoms with Crippen LogP contribution in [0.25, 0.3) is 10.9 Å². The maximum absolute atomic E-state index is 10.5. The normalized spacial score (nSPS) is 13.7. The molecule has 6 heteroatoms. The van der Waals surface area contributed by atoms with Crippen LogP contribution < -0.4 is 11.1 Å². The molecule has 0 amide bonds. The third-order valence-electron chi connectivity index (χ3n) is 3.66. The summed E-state index contributed by atoms with van der Waals surface area (Å²) in [4.78, 5) is 8.37. The minimum atomic E-state index is -0.879. The minimum absolute atomic E-state index is 0.136. The Balaban J connectivity index is 1.93. The second kappa shape index (κ2) is 6.60. The van der Waals surface area contributed by atoms with E-state index in [1.807, 2.05) is 42.5 Å². The molecule has 0 unspecified atom stereocenters. The van der Waals surface area contributed by atoms with E-state index in [-0.39, 0.29) is 12.6 Å². The Bertz CT molecular complexity index is 795. The van der Waals surface area contributed by atoms with Gasteiger partial charge in [0.25, 0.3) is 0 Å². The molecule has 0 spiro atoms. The van der Waals surface area contributed by atoms with Gasteiger partial charge in [0.15, 0.2) is 0 Å². The van der Waals surface area contributed by atoms with Crippen molar-refractivity contribution in [3.63, 3.8) is 0 Å². The molecule has 0 aliphatic rings. The fourth-order valence-corrected chi connectivity index (χ4v) is 2.49. The molecule has 23 heavy (non-hydrogen) atoms. The summed E-state index contributed by atoms with van der Waals surface area (Å²) in [6, 6.07) is 16.0. The van der Waals surface area contributed by atoms with E-state index < -0.39 is 12.1 Å². The van der Waals surface area contributed by atoms with Crippen molar-refractivity contribution in [2.75, 3.05) is 17.7 Å². The zero-order valence-electron chi connectivity index (χ0n) is 12.4. The molecule has 0 saturated carbocycles. The second-order valence-electron chi connectivity index (χ2n) is 5.24. The third-order valence-corrected chi connectivity index (χ3v) is 3.66. The van der Waals surface area contributed by atoms with Gasteiger partial charge in [-0.1, -0.05) is 42.5 Å². The first kappa shape index (κ1) is 15.2. The van der Waals surface area contributed by atoms with Gasteiger partial charge in [0.05, 0.1) is 18.2 Å². The van der Waals surface area contributed by atoms with Gasteiger partial charge in [-0.15, -0.1) is 0 Å². The summed E-state index contributed by atoms with van der Waals surface area (Å²) in [5, 5.41) is 24.0. The number of hydrogen-bond donors (Lipinski definition) is 4. The Kier molecular flexibility index (Phi) is 4.36. The molecule has 0 aliphatic heterocycles. The molecule has 0 bridgehead atoms. The molecule has 0 aliphatic carbocycles. The Morgan fingerprint density at radius 1 is 1.00 bits per heavy atom. The molecule has 3 aromatic rings. The maximum atomic E-state index is 10.5. The second-order valence-corrected chi connectivity index (χ2v) is 5.24. The molecule has 118 valence electrons. The summed E-state index contributed by atoms with van der Waals surface area (Å²) in [7, 11) is 0. The summed E-state index contributed by atoms with van der Waals surface area (Å²) < 4.78 is 0. The van der Waals surface area contributed by atoms with Crippen LogP contribution in [0.4, 0.5) is 11.8 Å². The Hall–Kier alpha value is -2.70. The lowest BCUT2D eigenvalue weighted by Gasteiger charge is -2.23. The summed E-state index contributed by atoms with van der Waals surface area (Å²) in [5.41, 5.74) is 7.16. The molecule has 6 nitrogen and oxygen atoms in total. The van der Waals surface area contributed by atoms with E-state index in [9.17, 15) is 10.2 Å². The van der Waals surface area contributed by atoms with Crippen molar-refractivity contribution in [1.29, 1.82) is 0 Å². The van der Waals surface area contributed by atoms with Crippen molar-refractivity contribution in [1.82, 2.24) is 9.97 Å². The van der Waals surface area contributed by atoms with Gasteiger partial charge in [0.1, 0.15) is 11.9 Å². The van der Waals surface area contributed by atoms with Crippen LogP contribution in [0.5, 0.6) is 0 Å². The van der Waals surface area contributed by atoms with E-state index in [1.54, 1.807) is 12.1 Å². The van der Waals surface area contributed by atoms with Crippen LogP contribution in [0, 0.1) is 0 Å². The van der Waals surface area contributed by atoms with Crippen LogP contribution in [-0.2, 0) is 0 Å². The lowest BCUT2D eigenvalue weighted by Crippen LogP contribution is -2.31. The van der Waals surface area contributed by atoms with Gasteiger partial charge < -0.3 is 21.3 Å². The predicted molar refractivity (Wildman–Crippen MR) is 89.8 cm³/mol. The number of benzene rings is 2. The molecule has 3 rings (SSSR count). The molecule has 2 atom stereocenters. The number of anilines is 2. The van der Waals surface area contributed by atoms with E-state index in [1.165, 1.54) is 0 Å². The molecule has 1 heterocycles. The van der Waals surface area contributed by atoms with E-state index in [0.717, 1.165) is 5.39 Å². The lowest BCUT2D eigenvalue weighted by atomic mass is 10.0. The van der Waals surface area contributed by atoms with Gasteiger partial charge in [0.2, 0.25) is 5.95 Å². The smallest absolute Gasteiger partial charge is 0.222 e. The highest BCUT2D eigenvalue weighted by atomic mass is 16.3. The number of nitrogens with zero attached hydrogens (tertiary/aromatic N) is 2. The van der Waals surface area contributed by atoms with Gasteiger partial charge >= 0.3 is 0 Å². The van der Waals surface area contributed by atoms with Crippen LogP contribution in [0.2, 0.25) is 0 Å². The van der Waals surface area contributed by atoms with Gasteiger partial charge in [-0.2, -0.15) is 4.98 Å². The quantitative estimate of drug-likeness (QED) is 0.572. The van der Waals surface area contributed by atoms with Crippen LogP contribution in [0.15, 0.2) is 54.6 Å². The van der Waals surface area contributed by atoms with Crippen molar-refractivity contribution in [3.8, 4) is 0 Å². The third kappa shape index (κ3) is 3.23. The molecular formula is C17H18N4O2. The highest BCUT2D eigenvalue weighted by Gasteiger charge is 2.21. The van der Waals surface area contributed by atoms with Crippen molar-refractivity contribution < 1.29 is 10.2 Å². The standard InChI is InChI=1S/C17H18N4O2/c18-17-20-13-9-5-4-8-12(13)16(21-17)19-14(10-22)15(23)11-6-2-1-3-7-11/h1-9,14-15,22-23H,10H2,(H3,18,19,20,21)/t14-,15-/m0/s1. The highest BCUT2D eigenvalue weighted by molar-refractivity contribution is 5.90. The molecule has 5 N–H and O–H groups in total. The molecule has 0 saturated heterocycles. The zero-order chi connectivity index (χ0) is 16.2. The average molecular weight is 310 g/mol. The Morgan fingerprint density at radius 3 is 2.43 bits per heavy atom. The van der Waals surface area contributed by atoms with Crippen LogP contribution >= 0.6 is 0 Å². The Morgan fingerprint density at radius 2 is 1.70 bits per heavy atom. The number of aliphatic hydroxyl groups is 2. The average Bonchev–Trinajstić information content (AvgIpc) is 2.59. The maximum Gasteiger partial charge on any atom is 0.222 e. The van der Waals surface area contributed by atoms with Gasteiger partial charge in [-0.25, -0.2) is 4.98 Å². The molecule has 1 aromatic heterocycles. The number of hydrogen-bond acceptors (Lipinski definition) is 6. The lowest BCUT2D eigenvalue weighted by molar-refractivity contribution is 0.118. The first-order valence-corrected chi connectivity index (χ1v) is 7.31. The SMILES string of the molecule is Nc1nc(N[C@@H](CO)[C@@H](O)c2ccccc2)c2ccccc2n1. The number of rotatable bonds is 5. The van der Waals surface area contributed by atoms with E-state index >= 15 is 0 Å². The van der Waals surface area contributed by atoms with Crippen LogP contribution in [0.1, 0.15) is 11.7 Å². The Labute approximate surface area is 133 Å². The topological polar surface area (TPSA) is 104 Å². The number of aromatic nitrogens is 2. The number of nitrogen functional groups attached to an aromatic ring is 1. The number of aliphatic hydroxyl groups excluding tert-OH is 2. The molecule has 0 fully saturated rings. The van der Waals surface area contributed by atoms with Crippen molar-refractivity contribution in [2.24, 2.45) is 0 Å². The van der Waals surface area contributed by atoms with Crippen molar-refractivity contribution in [3.05, 3.63) is 60.2 Å². The fraction of sp³-hybridized carbons (Fsp3) is 0.176. The zero-order valence-corrected chi connectivity index (χ0v) is 12.4. The fourth-order valence-electron chi connectivity index (χ4n) is 2.49. The minimum Gasteiger partial charge on any atom is -0.394 e. The van der Waals surface area contributed by atoms with E-state index in [2.05, 4.69) is 15.3 Å². The highest BCUT2D eigenvalue weighted by Crippen LogP contribution is 2.25. The van der Waals surface area contributed by atoms with Gasteiger partial charge in [-0.05, 0) is 17.7 Å². The van der Waals surface area contributed by atoms with Gasteiger partial charge in [0, 0.05) is 5.39 Å². The van der Waals surface area contributed by atoms with Crippen molar-refractivity contribution in [2.45, 2.75) is 12.1 Å². The monoisotopic (exact) mass is 310 g/mol. The first-order valence-electron chi connectivity index (χ1n) is 7.31. The van der Waals surface area contributed by atoms with Crippen LogP contribution in [0.3, 0.4) is 0 Å². The van der Waals surface area contributed by atoms with Crippen molar-refractivity contribution >= 4 is 22.7 Å². The van der Waals surface area contributed by atoms with E-state index in [4.69, 9.17) is 5.73 Å². The summed E-state index contributed by atoms with van der Waals surface area (Å²) >= 11 is 0. The number of fused-ring (bicyclic) bond motifs is 1. The largest absolute Gasteiger partial charge is 0.394 e. The first-order chi connectivity index (χ1) is 11.2. The molecule has 0 radical (unpaired) electrons. The van der Waals surface area contributed by atoms with Gasteiger partial charge in [-0.3, -0.25) is 0 Å². The predicted octanol–water partition coefficient (Wildman–Crippen LogP) is 1.72. The molecule has 2 aromatic carbocycles.